The van der Waals surface area contributed by atoms with Crippen LogP contribution in [0.25, 0.3) is 5.69 Å². The van der Waals surface area contributed by atoms with E-state index in [4.69, 9.17) is 0 Å². The second-order valence-electron chi connectivity index (χ2n) is 4.10. The van der Waals surface area contributed by atoms with Gasteiger partial charge < -0.3 is 5.32 Å². The molecule has 2 heterocycles. The SMILES string of the molecule is O=C(Nc1ccc(-n2cnnn2)cc1)c1cccnc1F. The van der Waals surface area contributed by atoms with Crippen LogP contribution in [0.5, 0.6) is 0 Å². The Kier molecular flexibility index (Phi) is 3.34. The summed E-state index contributed by atoms with van der Waals surface area (Å²) in [6.07, 6.45) is 2.74. The molecule has 0 atom stereocenters. The van der Waals surface area contributed by atoms with Gasteiger partial charge >= 0.3 is 0 Å². The molecule has 0 fully saturated rings. The molecule has 0 bridgehead atoms. The van der Waals surface area contributed by atoms with Gasteiger partial charge in [-0.2, -0.15) is 4.39 Å². The molecule has 1 N–H and O–H groups in total. The van der Waals surface area contributed by atoms with E-state index < -0.39 is 11.9 Å². The minimum Gasteiger partial charge on any atom is -0.322 e. The van der Waals surface area contributed by atoms with Gasteiger partial charge in [0, 0.05) is 11.9 Å². The van der Waals surface area contributed by atoms with Crippen molar-refractivity contribution >= 4 is 11.6 Å². The number of anilines is 1. The van der Waals surface area contributed by atoms with Gasteiger partial charge in [-0.25, -0.2) is 9.67 Å². The van der Waals surface area contributed by atoms with E-state index in [0.29, 0.717) is 5.69 Å². The predicted molar refractivity (Wildman–Crippen MR) is 71.3 cm³/mol. The largest absolute Gasteiger partial charge is 0.322 e. The van der Waals surface area contributed by atoms with Gasteiger partial charge in [-0.3, -0.25) is 4.79 Å². The first kappa shape index (κ1) is 12.9. The van der Waals surface area contributed by atoms with Crippen LogP contribution in [0.15, 0.2) is 48.9 Å². The number of hydrogen-bond acceptors (Lipinski definition) is 5. The number of hydrogen-bond donors (Lipinski definition) is 1. The van der Waals surface area contributed by atoms with E-state index in [1.807, 2.05) is 0 Å². The molecule has 0 aliphatic heterocycles. The molecule has 1 amide bonds. The van der Waals surface area contributed by atoms with E-state index in [2.05, 4.69) is 25.8 Å². The third-order valence-corrected chi connectivity index (χ3v) is 2.74. The number of aromatic nitrogens is 5. The summed E-state index contributed by atoms with van der Waals surface area (Å²) in [5, 5.41) is 13.4. The molecule has 0 radical (unpaired) electrons. The number of halogens is 1. The third-order valence-electron chi connectivity index (χ3n) is 2.74. The van der Waals surface area contributed by atoms with Gasteiger partial charge in [-0.05, 0) is 46.8 Å². The quantitative estimate of drug-likeness (QED) is 0.736. The van der Waals surface area contributed by atoms with Crippen LogP contribution in [-0.4, -0.2) is 31.1 Å². The highest BCUT2D eigenvalue weighted by Gasteiger charge is 2.12. The van der Waals surface area contributed by atoms with Crippen LogP contribution in [0.1, 0.15) is 10.4 Å². The summed E-state index contributed by atoms with van der Waals surface area (Å²) in [7, 11) is 0. The van der Waals surface area contributed by atoms with Gasteiger partial charge in [-0.15, -0.1) is 5.10 Å². The Labute approximate surface area is 118 Å². The molecule has 0 spiro atoms. The van der Waals surface area contributed by atoms with Crippen molar-refractivity contribution in [2.75, 3.05) is 5.32 Å². The Bertz CT molecular complexity index is 757. The van der Waals surface area contributed by atoms with Gasteiger partial charge in [0.2, 0.25) is 5.95 Å². The number of pyridine rings is 1. The second-order valence-corrected chi connectivity index (χ2v) is 4.10. The minimum atomic E-state index is -0.805. The predicted octanol–water partition coefficient (Wildman–Crippen LogP) is 1.45. The molecule has 2 aromatic heterocycles. The summed E-state index contributed by atoms with van der Waals surface area (Å²) in [6.45, 7) is 0. The first-order valence-electron chi connectivity index (χ1n) is 5.99. The van der Waals surface area contributed by atoms with Crippen molar-refractivity contribution in [3.63, 3.8) is 0 Å². The molecular formula is C13H9FN6O. The van der Waals surface area contributed by atoms with Crippen LogP contribution in [0, 0.1) is 5.95 Å². The van der Waals surface area contributed by atoms with Crippen molar-refractivity contribution in [3.8, 4) is 5.69 Å². The highest BCUT2D eigenvalue weighted by Crippen LogP contribution is 2.14. The molecule has 0 aliphatic carbocycles. The Morgan fingerprint density at radius 2 is 2.00 bits per heavy atom. The first-order valence-corrected chi connectivity index (χ1v) is 5.99. The number of nitrogens with zero attached hydrogens (tertiary/aromatic N) is 5. The topological polar surface area (TPSA) is 85.6 Å². The number of rotatable bonds is 3. The fraction of sp³-hybridized carbons (Fsp3) is 0. The average Bonchev–Trinajstić information content (AvgIpc) is 3.02. The maximum Gasteiger partial charge on any atom is 0.260 e. The number of benzene rings is 1. The Morgan fingerprint density at radius 1 is 1.19 bits per heavy atom. The fourth-order valence-electron chi connectivity index (χ4n) is 1.73. The monoisotopic (exact) mass is 284 g/mol. The molecule has 3 aromatic rings. The number of carbonyl (C=O) groups is 1. The fourth-order valence-corrected chi connectivity index (χ4v) is 1.73. The molecule has 21 heavy (non-hydrogen) atoms. The maximum atomic E-state index is 13.4. The summed E-state index contributed by atoms with van der Waals surface area (Å²) in [5.41, 5.74) is 1.16. The van der Waals surface area contributed by atoms with Crippen LogP contribution >= 0.6 is 0 Å². The van der Waals surface area contributed by atoms with Crippen LogP contribution in [0.2, 0.25) is 0 Å². The summed E-state index contributed by atoms with van der Waals surface area (Å²) in [5.74, 6) is -1.36. The van der Waals surface area contributed by atoms with Crippen molar-refractivity contribution in [2.45, 2.75) is 0 Å². The zero-order valence-electron chi connectivity index (χ0n) is 10.6. The lowest BCUT2D eigenvalue weighted by Crippen LogP contribution is -2.14. The second kappa shape index (κ2) is 5.45. The molecule has 3 rings (SSSR count). The average molecular weight is 284 g/mol. The summed E-state index contributed by atoms with van der Waals surface area (Å²) < 4.78 is 14.9. The van der Waals surface area contributed by atoms with Crippen molar-refractivity contribution < 1.29 is 9.18 Å². The zero-order valence-corrected chi connectivity index (χ0v) is 10.6. The minimum absolute atomic E-state index is 0.109. The Balaban J connectivity index is 1.77. The van der Waals surface area contributed by atoms with Gasteiger partial charge in [0.05, 0.1) is 11.3 Å². The molecule has 1 aromatic carbocycles. The van der Waals surface area contributed by atoms with Crippen LogP contribution in [0.3, 0.4) is 0 Å². The third kappa shape index (κ3) is 2.73. The summed E-state index contributed by atoms with van der Waals surface area (Å²) in [6, 6.07) is 9.66. The lowest BCUT2D eigenvalue weighted by Gasteiger charge is -2.06. The van der Waals surface area contributed by atoms with E-state index >= 15 is 0 Å². The molecule has 0 aliphatic rings. The number of nitrogens with one attached hydrogen (secondary N) is 1. The van der Waals surface area contributed by atoms with Gasteiger partial charge in [0.15, 0.2) is 0 Å². The van der Waals surface area contributed by atoms with E-state index in [-0.39, 0.29) is 5.56 Å². The smallest absolute Gasteiger partial charge is 0.260 e. The Hall–Kier alpha value is -3.16. The van der Waals surface area contributed by atoms with Crippen molar-refractivity contribution in [1.82, 2.24) is 25.2 Å². The zero-order chi connectivity index (χ0) is 14.7. The van der Waals surface area contributed by atoms with E-state index in [1.54, 1.807) is 24.3 Å². The van der Waals surface area contributed by atoms with E-state index in [9.17, 15) is 9.18 Å². The van der Waals surface area contributed by atoms with Crippen LogP contribution in [-0.2, 0) is 0 Å². The molecule has 8 heteroatoms. The molecular weight excluding hydrogens is 275 g/mol. The summed E-state index contributed by atoms with van der Waals surface area (Å²) >= 11 is 0. The van der Waals surface area contributed by atoms with Gasteiger partial charge in [0.25, 0.3) is 5.91 Å². The highest BCUT2D eigenvalue weighted by atomic mass is 19.1. The molecule has 0 saturated carbocycles. The van der Waals surface area contributed by atoms with Gasteiger partial charge in [-0.1, -0.05) is 0 Å². The lowest BCUT2D eigenvalue weighted by molar-refractivity contribution is 0.102. The summed E-state index contributed by atoms with van der Waals surface area (Å²) in [4.78, 5) is 15.4. The van der Waals surface area contributed by atoms with Crippen molar-refractivity contribution in [2.24, 2.45) is 0 Å². The highest BCUT2D eigenvalue weighted by molar-refractivity contribution is 6.04. The number of tetrazole rings is 1. The number of amides is 1. The standard InChI is InChI=1S/C13H9FN6O/c14-12-11(2-1-7-15-12)13(21)17-9-3-5-10(6-4-9)20-8-16-18-19-20/h1-8H,(H,17,21). The van der Waals surface area contributed by atoms with E-state index in [1.165, 1.54) is 29.3 Å². The van der Waals surface area contributed by atoms with Gasteiger partial charge in [0.1, 0.15) is 6.33 Å². The van der Waals surface area contributed by atoms with Crippen molar-refractivity contribution in [3.05, 3.63) is 60.4 Å². The normalized spacial score (nSPS) is 10.3. The Morgan fingerprint density at radius 3 is 2.67 bits per heavy atom. The van der Waals surface area contributed by atoms with Crippen LogP contribution in [0.4, 0.5) is 10.1 Å². The number of carbonyl (C=O) groups excluding carboxylic acids is 1. The molecule has 104 valence electrons. The van der Waals surface area contributed by atoms with Crippen LogP contribution < -0.4 is 5.32 Å². The lowest BCUT2D eigenvalue weighted by atomic mass is 10.2. The first-order chi connectivity index (χ1) is 10.2. The maximum absolute atomic E-state index is 13.4. The van der Waals surface area contributed by atoms with Crippen molar-refractivity contribution in [1.29, 1.82) is 0 Å². The molecule has 0 saturated heterocycles. The van der Waals surface area contributed by atoms with E-state index in [0.717, 1.165) is 5.69 Å². The molecule has 7 nitrogen and oxygen atoms in total. The molecule has 0 unspecified atom stereocenters.